The van der Waals surface area contributed by atoms with Crippen molar-refractivity contribution >= 4 is 35.7 Å². The smallest absolute Gasteiger partial charge is 0.114 e. The van der Waals surface area contributed by atoms with Crippen LogP contribution in [0.25, 0.3) is 0 Å². The van der Waals surface area contributed by atoms with Crippen molar-refractivity contribution in [1.82, 2.24) is 10.6 Å². The van der Waals surface area contributed by atoms with Crippen LogP contribution in [0.2, 0.25) is 0 Å². The molecule has 1 rings (SSSR count). The van der Waals surface area contributed by atoms with Crippen molar-refractivity contribution in [2.75, 3.05) is 19.3 Å². The van der Waals surface area contributed by atoms with Gasteiger partial charge >= 0.3 is 0 Å². The van der Waals surface area contributed by atoms with Gasteiger partial charge in [0.05, 0.1) is 0 Å². The van der Waals surface area contributed by atoms with E-state index in [2.05, 4.69) is 23.8 Å². The van der Waals surface area contributed by atoms with Crippen molar-refractivity contribution in [1.29, 1.82) is 0 Å². The quantitative estimate of drug-likeness (QED) is 0.683. The molecule has 0 saturated carbocycles. The van der Waals surface area contributed by atoms with E-state index in [0.29, 0.717) is 0 Å². The molecule has 4 heteroatoms. The van der Waals surface area contributed by atoms with E-state index in [1.165, 1.54) is 0 Å². The SMILES string of the molecule is CSC1(C)NCCN1.I. The third kappa shape index (κ3) is 2.61. The lowest BCUT2D eigenvalue weighted by molar-refractivity contribution is 0.548. The van der Waals surface area contributed by atoms with Crippen LogP contribution in [0.1, 0.15) is 6.92 Å². The summed E-state index contributed by atoms with van der Waals surface area (Å²) in [6, 6.07) is 0. The minimum Gasteiger partial charge on any atom is -0.290 e. The van der Waals surface area contributed by atoms with Gasteiger partial charge in [0, 0.05) is 13.1 Å². The molecule has 0 aromatic carbocycles. The Morgan fingerprint density at radius 2 is 1.78 bits per heavy atom. The Hall–Kier alpha value is 1.00. The summed E-state index contributed by atoms with van der Waals surface area (Å²) in [6.45, 7) is 4.35. The zero-order valence-electron chi connectivity index (χ0n) is 5.73. The summed E-state index contributed by atoms with van der Waals surface area (Å²) in [5, 5.41) is 6.67. The number of hydrogen-bond donors (Lipinski definition) is 2. The molecule has 0 bridgehead atoms. The summed E-state index contributed by atoms with van der Waals surface area (Å²) in [6.07, 6.45) is 2.10. The van der Waals surface area contributed by atoms with E-state index in [0.717, 1.165) is 13.1 Å². The highest BCUT2D eigenvalue weighted by Gasteiger charge is 2.24. The Balaban J connectivity index is 0.000000640. The van der Waals surface area contributed by atoms with Gasteiger partial charge in [-0.05, 0) is 13.2 Å². The summed E-state index contributed by atoms with van der Waals surface area (Å²) >= 11 is 1.81. The molecular formula is C5H13IN2S. The molecule has 0 radical (unpaired) electrons. The normalized spacial score (nSPS) is 23.3. The number of thioether (sulfide) groups is 1. The molecule has 1 fully saturated rings. The predicted molar refractivity (Wildman–Crippen MR) is 53.3 cm³/mol. The minimum absolute atomic E-state index is 0. The van der Waals surface area contributed by atoms with Crippen LogP contribution in [0.3, 0.4) is 0 Å². The Morgan fingerprint density at radius 1 is 1.33 bits per heavy atom. The number of nitrogens with one attached hydrogen (secondary N) is 2. The molecule has 0 spiro atoms. The molecule has 1 aliphatic heterocycles. The molecule has 2 N–H and O–H groups in total. The van der Waals surface area contributed by atoms with Gasteiger partial charge in [-0.1, -0.05) is 0 Å². The highest BCUT2D eigenvalue weighted by Crippen LogP contribution is 2.16. The largest absolute Gasteiger partial charge is 0.290 e. The molecule has 0 unspecified atom stereocenters. The van der Waals surface area contributed by atoms with E-state index in [-0.39, 0.29) is 29.0 Å². The topological polar surface area (TPSA) is 24.1 Å². The van der Waals surface area contributed by atoms with Crippen LogP contribution in [0.5, 0.6) is 0 Å². The summed E-state index contributed by atoms with van der Waals surface area (Å²) in [5.74, 6) is 0. The maximum atomic E-state index is 3.33. The highest BCUT2D eigenvalue weighted by atomic mass is 127. The second-order valence-electron chi connectivity index (χ2n) is 2.09. The zero-order chi connectivity index (χ0) is 6.04. The maximum absolute atomic E-state index is 3.33. The molecule has 0 aromatic heterocycles. The number of hydrogen-bond acceptors (Lipinski definition) is 3. The van der Waals surface area contributed by atoms with E-state index in [9.17, 15) is 0 Å². The van der Waals surface area contributed by atoms with Gasteiger partial charge in [0.2, 0.25) is 0 Å². The van der Waals surface area contributed by atoms with Crippen LogP contribution in [-0.2, 0) is 0 Å². The molecule has 1 heterocycles. The lowest BCUT2D eigenvalue weighted by Gasteiger charge is -2.21. The minimum atomic E-state index is 0. The van der Waals surface area contributed by atoms with Crippen LogP contribution in [0.4, 0.5) is 0 Å². The summed E-state index contributed by atoms with van der Waals surface area (Å²) in [7, 11) is 0. The molecule has 0 aliphatic carbocycles. The van der Waals surface area contributed by atoms with Crippen LogP contribution in [-0.4, -0.2) is 24.3 Å². The zero-order valence-corrected chi connectivity index (χ0v) is 8.88. The standard InChI is InChI=1S/C5H12N2S.HI/c1-5(8-2)6-3-4-7-5;/h6-7H,3-4H2,1-2H3;1H. The Labute approximate surface area is 77.6 Å². The average molecular weight is 260 g/mol. The number of rotatable bonds is 1. The molecule has 1 aliphatic rings. The van der Waals surface area contributed by atoms with Crippen LogP contribution in [0.15, 0.2) is 0 Å². The van der Waals surface area contributed by atoms with Gasteiger partial charge in [-0.3, -0.25) is 10.6 Å². The van der Waals surface area contributed by atoms with E-state index < -0.39 is 0 Å². The Kier molecular flexibility index (Phi) is 4.44. The third-order valence-corrected chi connectivity index (χ3v) is 2.56. The fourth-order valence-corrected chi connectivity index (χ4v) is 1.30. The molecule has 2 nitrogen and oxygen atoms in total. The van der Waals surface area contributed by atoms with Crippen LogP contribution in [0, 0.1) is 0 Å². The molecule has 0 aromatic rings. The summed E-state index contributed by atoms with van der Waals surface area (Å²) < 4.78 is 0. The van der Waals surface area contributed by atoms with Gasteiger partial charge in [0.25, 0.3) is 0 Å². The lowest BCUT2D eigenvalue weighted by atomic mass is 10.6. The van der Waals surface area contributed by atoms with Gasteiger partial charge < -0.3 is 0 Å². The Morgan fingerprint density at radius 3 is 2.00 bits per heavy atom. The molecule has 9 heavy (non-hydrogen) atoms. The van der Waals surface area contributed by atoms with Gasteiger partial charge in [0.15, 0.2) is 0 Å². The van der Waals surface area contributed by atoms with Crippen molar-refractivity contribution in [3.05, 3.63) is 0 Å². The summed E-state index contributed by atoms with van der Waals surface area (Å²) in [4.78, 5) is 0.153. The summed E-state index contributed by atoms with van der Waals surface area (Å²) in [5.41, 5.74) is 0. The van der Waals surface area contributed by atoms with E-state index in [1.54, 1.807) is 0 Å². The molecule has 56 valence electrons. The van der Waals surface area contributed by atoms with Gasteiger partial charge in [-0.25, -0.2) is 0 Å². The first-order valence-corrected chi connectivity index (χ1v) is 4.04. The van der Waals surface area contributed by atoms with E-state index >= 15 is 0 Å². The van der Waals surface area contributed by atoms with Crippen LogP contribution >= 0.6 is 35.7 Å². The van der Waals surface area contributed by atoms with E-state index in [4.69, 9.17) is 0 Å². The van der Waals surface area contributed by atoms with E-state index in [1.807, 2.05) is 11.8 Å². The maximum Gasteiger partial charge on any atom is 0.114 e. The fourth-order valence-electron chi connectivity index (χ4n) is 0.809. The monoisotopic (exact) mass is 260 g/mol. The van der Waals surface area contributed by atoms with Gasteiger partial charge in [-0.2, -0.15) is 0 Å². The first-order valence-electron chi connectivity index (χ1n) is 2.82. The molecule has 0 amide bonds. The van der Waals surface area contributed by atoms with Crippen LogP contribution < -0.4 is 10.6 Å². The van der Waals surface area contributed by atoms with Crippen molar-refractivity contribution < 1.29 is 0 Å². The first-order chi connectivity index (χ1) is 3.77. The fraction of sp³-hybridized carbons (Fsp3) is 1.00. The molecular weight excluding hydrogens is 247 g/mol. The van der Waals surface area contributed by atoms with Crippen molar-refractivity contribution in [3.63, 3.8) is 0 Å². The number of halogens is 1. The lowest BCUT2D eigenvalue weighted by Crippen LogP contribution is -2.41. The molecule has 0 atom stereocenters. The highest BCUT2D eigenvalue weighted by molar-refractivity contribution is 14.0. The third-order valence-electron chi connectivity index (χ3n) is 1.46. The Bertz CT molecular complexity index is 83.0. The second-order valence-corrected chi connectivity index (χ2v) is 3.32. The molecule has 1 saturated heterocycles. The van der Waals surface area contributed by atoms with Gasteiger partial charge in [-0.15, -0.1) is 35.7 Å². The van der Waals surface area contributed by atoms with Crippen molar-refractivity contribution in [2.45, 2.75) is 11.9 Å². The first kappa shape index (κ1) is 10.0. The predicted octanol–water partition coefficient (Wildman–Crippen LogP) is 0.834. The van der Waals surface area contributed by atoms with Gasteiger partial charge in [0.1, 0.15) is 4.99 Å². The second kappa shape index (κ2) is 4.00. The van der Waals surface area contributed by atoms with Crippen molar-refractivity contribution in [2.24, 2.45) is 0 Å². The average Bonchev–Trinajstić information content (AvgIpc) is 2.17. The van der Waals surface area contributed by atoms with Crippen molar-refractivity contribution in [3.8, 4) is 0 Å².